The van der Waals surface area contributed by atoms with E-state index in [2.05, 4.69) is 10.2 Å². The molecule has 0 radical (unpaired) electrons. The minimum Gasteiger partial charge on any atom is -0.281 e. The van der Waals surface area contributed by atoms with Gasteiger partial charge in [0.15, 0.2) is 5.65 Å². The second-order valence-electron chi connectivity index (χ2n) is 3.71. The largest absolute Gasteiger partial charge is 0.297 e. The number of nitrogens with zero attached hydrogens (tertiary/aromatic N) is 3. The van der Waals surface area contributed by atoms with Crippen LogP contribution in [0.25, 0.3) is 5.65 Å². The summed E-state index contributed by atoms with van der Waals surface area (Å²) in [5.74, 6) is -1.54. The van der Waals surface area contributed by atoms with Gasteiger partial charge in [-0.05, 0) is 12.1 Å². The Labute approximate surface area is 106 Å². The van der Waals surface area contributed by atoms with Crippen molar-refractivity contribution in [3.63, 3.8) is 0 Å². The van der Waals surface area contributed by atoms with Crippen LogP contribution >= 0.6 is 0 Å². The number of alkyl halides is 2. The fourth-order valence-corrected chi connectivity index (χ4v) is 1.87. The van der Waals surface area contributed by atoms with E-state index < -0.39 is 28.2 Å². The average molecular weight is 290 g/mol. The molecule has 0 unspecified atom stereocenters. The van der Waals surface area contributed by atoms with Crippen molar-refractivity contribution in [2.24, 2.45) is 0 Å². The maximum atomic E-state index is 12.6. The molecule has 19 heavy (non-hydrogen) atoms. The highest BCUT2D eigenvalue weighted by Gasteiger charge is 2.18. The molecule has 102 valence electrons. The quantitative estimate of drug-likeness (QED) is 0.880. The first-order chi connectivity index (χ1) is 8.78. The monoisotopic (exact) mass is 290 g/mol. The zero-order valence-corrected chi connectivity index (χ0v) is 10.4. The summed E-state index contributed by atoms with van der Waals surface area (Å²) in [6.45, 7) is 0. The molecule has 0 atom stereocenters. The molecule has 0 aliphatic heterocycles. The number of nitrogens with one attached hydrogen (secondary N) is 1. The average Bonchev–Trinajstić information content (AvgIpc) is 2.68. The highest BCUT2D eigenvalue weighted by molar-refractivity contribution is 7.89. The molecule has 0 aliphatic rings. The zero-order valence-electron chi connectivity index (χ0n) is 9.54. The summed E-state index contributed by atoms with van der Waals surface area (Å²) in [4.78, 5) is 11.6. The van der Waals surface area contributed by atoms with Gasteiger partial charge in [-0.25, -0.2) is 21.9 Å². The van der Waals surface area contributed by atoms with Gasteiger partial charge >= 0.3 is 0 Å². The minimum absolute atomic E-state index is 0.0976. The summed E-state index contributed by atoms with van der Waals surface area (Å²) < 4.78 is 49.7. The summed E-state index contributed by atoms with van der Waals surface area (Å²) in [5, 5.41) is 6.78. The smallest absolute Gasteiger partial charge is 0.281 e. The van der Waals surface area contributed by atoms with E-state index in [9.17, 15) is 22.0 Å². The van der Waals surface area contributed by atoms with Crippen LogP contribution in [0.4, 0.5) is 8.78 Å². The van der Waals surface area contributed by atoms with Crippen LogP contribution in [0, 0.1) is 0 Å². The number of amides is 1. The van der Waals surface area contributed by atoms with Crippen molar-refractivity contribution in [3.05, 3.63) is 29.7 Å². The number of aromatic nitrogens is 3. The lowest BCUT2D eigenvalue weighted by Crippen LogP contribution is -2.29. The van der Waals surface area contributed by atoms with E-state index in [0.29, 0.717) is 0 Å². The Balaban J connectivity index is 2.46. The van der Waals surface area contributed by atoms with E-state index in [1.54, 1.807) is 4.72 Å². The van der Waals surface area contributed by atoms with Gasteiger partial charge in [-0.1, -0.05) is 0 Å². The van der Waals surface area contributed by atoms with E-state index in [0.717, 1.165) is 16.9 Å². The van der Waals surface area contributed by atoms with Crippen LogP contribution in [0.3, 0.4) is 0 Å². The lowest BCUT2D eigenvalue weighted by atomic mass is 10.3. The van der Waals surface area contributed by atoms with Gasteiger partial charge in [0.25, 0.3) is 12.3 Å². The Morgan fingerprint density at radius 2 is 2.05 bits per heavy atom. The summed E-state index contributed by atoms with van der Waals surface area (Å²) in [5.41, 5.74) is 0.0332. The minimum atomic E-state index is -3.73. The number of fused-ring (bicyclic) bond motifs is 1. The second-order valence-corrected chi connectivity index (χ2v) is 5.46. The molecule has 1 N–H and O–H groups in total. The van der Waals surface area contributed by atoms with Crippen LogP contribution in [0.1, 0.15) is 22.6 Å². The van der Waals surface area contributed by atoms with Gasteiger partial charge in [0, 0.05) is 6.20 Å². The Morgan fingerprint density at radius 3 is 2.63 bits per heavy atom. The predicted octanol–water partition coefficient (Wildman–Crippen LogP) is 0.356. The molecule has 10 heteroatoms. The molecule has 0 bridgehead atoms. The van der Waals surface area contributed by atoms with Gasteiger partial charge in [0.05, 0.1) is 11.8 Å². The SMILES string of the molecule is CS(=O)(=O)NC(=O)c1ccc2nnc(C(F)F)n2c1. The molecule has 0 spiro atoms. The lowest BCUT2D eigenvalue weighted by Gasteiger charge is -2.04. The molecule has 0 aliphatic carbocycles. The summed E-state index contributed by atoms with van der Waals surface area (Å²) in [6.07, 6.45) is -0.993. The molecular weight excluding hydrogens is 282 g/mol. The number of carbonyl (C=O) groups is 1. The molecule has 0 saturated heterocycles. The van der Waals surface area contributed by atoms with Crippen LogP contribution in [0.5, 0.6) is 0 Å². The normalized spacial score (nSPS) is 12.0. The number of halogens is 2. The van der Waals surface area contributed by atoms with Crippen LogP contribution in [-0.4, -0.2) is 35.2 Å². The molecule has 2 heterocycles. The number of pyridine rings is 1. The van der Waals surface area contributed by atoms with Crippen molar-refractivity contribution in [2.75, 3.05) is 6.26 Å². The first-order valence-electron chi connectivity index (χ1n) is 4.93. The van der Waals surface area contributed by atoms with Crippen LogP contribution < -0.4 is 4.72 Å². The Bertz CT molecular complexity index is 741. The second kappa shape index (κ2) is 4.53. The Hall–Kier alpha value is -2.10. The van der Waals surface area contributed by atoms with E-state index in [4.69, 9.17) is 0 Å². The lowest BCUT2D eigenvalue weighted by molar-refractivity contribution is 0.0980. The third kappa shape index (κ3) is 2.84. The highest BCUT2D eigenvalue weighted by atomic mass is 32.2. The van der Waals surface area contributed by atoms with Crippen molar-refractivity contribution < 1.29 is 22.0 Å². The van der Waals surface area contributed by atoms with Crippen molar-refractivity contribution in [1.82, 2.24) is 19.3 Å². The maximum absolute atomic E-state index is 12.6. The molecule has 1 amide bonds. The van der Waals surface area contributed by atoms with Gasteiger partial charge < -0.3 is 0 Å². The molecule has 0 fully saturated rings. The number of hydrogen-bond acceptors (Lipinski definition) is 5. The first-order valence-corrected chi connectivity index (χ1v) is 6.82. The zero-order chi connectivity index (χ0) is 14.2. The molecular formula is C9H8F2N4O3S. The van der Waals surface area contributed by atoms with Gasteiger partial charge in [-0.2, -0.15) is 0 Å². The molecule has 2 aromatic heterocycles. The van der Waals surface area contributed by atoms with E-state index in [1.807, 2.05) is 0 Å². The number of hydrogen-bond donors (Lipinski definition) is 1. The topological polar surface area (TPSA) is 93.4 Å². The fourth-order valence-electron chi connectivity index (χ4n) is 1.42. The Kier molecular flexibility index (Phi) is 3.18. The molecule has 0 saturated carbocycles. The maximum Gasteiger partial charge on any atom is 0.297 e. The van der Waals surface area contributed by atoms with E-state index >= 15 is 0 Å². The Morgan fingerprint density at radius 1 is 1.37 bits per heavy atom. The van der Waals surface area contributed by atoms with E-state index in [-0.39, 0.29) is 11.2 Å². The van der Waals surface area contributed by atoms with Crippen LogP contribution in [0.15, 0.2) is 18.3 Å². The molecule has 7 nitrogen and oxygen atoms in total. The first kappa shape index (κ1) is 13.3. The third-order valence-corrected chi connectivity index (χ3v) is 2.72. The highest BCUT2D eigenvalue weighted by Crippen LogP contribution is 2.17. The van der Waals surface area contributed by atoms with Crippen molar-refractivity contribution >= 4 is 21.6 Å². The number of sulfonamides is 1. The van der Waals surface area contributed by atoms with Gasteiger partial charge in [0.2, 0.25) is 15.8 Å². The summed E-state index contributed by atoms with van der Waals surface area (Å²) in [6, 6.07) is 2.55. The van der Waals surface area contributed by atoms with Crippen LogP contribution in [-0.2, 0) is 10.0 Å². The standard InChI is InChI=1S/C9H8F2N4O3S/c1-19(17,18)14-9(16)5-2-3-6-12-13-8(7(10)11)15(6)4-5/h2-4,7H,1H3,(H,14,16). The van der Waals surface area contributed by atoms with Crippen molar-refractivity contribution in [3.8, 4) is 0 Å². The fraction of sp³-hybridized carbons (Fsp3) is 0.222. The number of carbonyl (C=O) groups excluding carboxylic acids is 1. The predicted molar refractivity (Wildman–Crippen MR) is 60.3 cm³/mol. The molecule has 2 rings (SSSR count). The van der Waals surface area contributed by atoms with E-state index in [1.165, 1.54) is 12.1 Å². The van der Waals surface area contributed by atoms with Crippen molar-refractivity contribution in [2.45, 2.75) is 6.43 Å². The summed E-state index contributed by atoms with van der Waals surface area (Å²) >= 11 is 0. The van der Waals surface area contributed by atoms with Crippen molar-refractivity contribution in [1.29, 1.82) is 0 Å². The van der Waals surface area contributed by atoms with Gasteiger partial charge in [0.1, 0.15) is 0 Å². The number of rotatable bonds is 3. The molecule has 2 aromatic rings. The summed E-state index contributed by atoms with van der Waals surface area (Å²) in [7, 11) is -3.73. The van der Waals surface area contributed by atoms with Gasteiger partial charge in [-0.3, -0.25) is 9.20 Å². The van der Waals surface area contributed by atoms with Gasteiger partial charge in [-0.15, -0.1) is 10.2 Å². The third-order valence-electron chi connectivity index (χ3n) is 2.16. The van der Waals surface area contributed by atoms with Crippen LogP contribution in [0.2, 0.25) is 0 Å². The molecule has 0 aromatic carbocycles.